The minimum atomic E-state index is -0.754. The average Bonchev–Trinajstić information content (AvgIpc) is 2.42. The van der Waals surface area contributed by atoms with Crippen molar-refractivity contribution < 1.29 is 5.11 Å². The van der Waals surface area contributed by atoms with Crippen LogP contribution in [0.3, 0.4) is 0 Å². The van der Waals surface area contributed by atoms with Crippen LogP contribution in [0.4, 0.5) is 0 Å². The zero-order valence-electron chi connectivity index (χ0n) is 8.19. The molecular formula is C8H15N3O2. The van der Waals surface area contributed by atoms with Crippen molar-refractivity contribution in [3.8, 4) is 0 Å². The van der Waals surface area contributed by atoms with Gasteiger partial charge in [-0.05, 0) is 6.42 Å². The Morgan fingerprint density at radius 1 is 1.54 bits per heavy atom. The Labute approximate surface area is 76.6 Å². The molecule has 13 heavy (non-hydrogen) atoms. The van der Waals surface area contributed by atoms with Gasteiger partial charge in [-0.3, -0.25) is 4.57 Å². The lowest BCUT2D eigenvalue weighted by Crippen LogP contribution is -2.27. The molecule has 74 valence electrons. The monoisotopic (exact) mass is 185 g/mol. The molecule has 0 aliphatic heterocycles. The van der Waals surface area contributed by atoms with Crippen LogP contribution in [0, 0.1) is 0 Å². The number of nitrogens with zero attached hydrogens (tertiary/aromatic N) is 3. The summed E-state index contributed by atoms with van der Waals surface area (Å²) in [4.78, 5) is 11.5. The fraction of sp³-hybridized carbons (Fsp3) is 0.750. The molecule has 0 spiro atoms. The van der Waals surface area contributed by atoms with E-state index in [1.807, 2.05) is 13.8 Å². The van der Waals surface area contributed by atoms with Crippen LogP contribution < -0.4 is 5.69 Å². The van der Waals surface area contributed by atoms with E-state index in [-0.39, 0.29) is 5.69 Å². The van der Waals surface area contributed by atoms with Crippen molar-refractivity contribution in [3.63, 3.8) is 0 Å². The van der Waals surface area contributed by atoms with E-state index >= 15 is 0 Å². The minimum Gasteiger partial charge on any atom is -0.373 e. The maximum absolute atomic E-state index is 11.5. The minimum absolute atomic E-state index is 0.258. The van der Waals surface area contributed by atoms with Gasteiger partial charge in [-0.1, -0.05) is 13.8 Å². The molecule has 0 bridgehead atoms. The van der Waals surface area contributed by atoms with Crippen LogP contribution in [0.5, 0.6) is 0 Å². The summed E-state index contributed by atoms with van der Waals surface area (Å²) in [5.41, 5.74) is -0.258. The summed E-state index contributed by atoms with van der Waals surface area (Å²) in [6.07, 6.45) is 0.405. The smallest absolute Gasteiger partial charge is 0.347 e. The van der Waals surface area contributed by atoms with E-state index < -0.39 is 6.23 Å². The number of aromatic nitrogens is 3. The quantitative estimate of drug-likeness (QED) is 0.723. The maximum atomic E-state index is 11.5. The van der Waals surface area contributed by atoms with Crippen molar-refractivity contribution in [2.24, 2.45) is 7.05 Å². The molecule has 0 saturated heterocycles. The highest BCUT2D eigenvalue weighted by molar-refractivity contribution is 4.88. The van der Waals surface area contributed by atoms with Gasteiger partial charge in [0.1, 0.15) is 12.1 Å². The average molecular weight is 185 g/mol. The van der Waals surface area contributed by atoms with E-state index in [0.717, 1.165) is 0 Å². The van der Waals surface area contributed by atoms with Gasteiger partial charge in [-0.25, -0.2) is 9.48 Å². The van der Waals surface area contributed by atoms with Crippen molar-refractivity contribution in [2.75, 3.05) is 0 Å². The van der Waals surface area contributed by atoms with E-state index in [4.69, 9.17) is 0 Å². The molecule has 0 saturated carbocycles. The Bertz CT molecular complexity index is 340. The number of hydrogen-bond donors (Lipinski definition) is 1. The molecular weight excluding hydrogens is 170 g/mol. The third-order valence-electron chi connectivity index (χ3n) is 2.01. The first-order valence-corrected chi connectivity index (χ1v) is 4.44. The summed E-state index contributed by atoms with van der Waals surface area (Å²) in [5.74, 6) is 0.627. The van der Waals surface area contributed by atoms with Crippen molar-refractivity contribution in [1.29, 1.82) is 0 Å². The Hall–Kier alpha value is -1.10. The first kappa shape index (κ1) is 9.98. The Morgan fingerprint density at radius 2 is 2.15 bits per heavy atom. The molecule has 0 fully saturated rings. The summed E-state index contributed by atoms with van der Waals surface area (Å²) in [6.45, 7) is 3.73. The Morgan fingerprint density at radius 3 is 2.62 bits per heavy atom. The lowest BCUT2D eigenvalue weighted by Gasteiger charge is -2.09. The molecule has 5 nitrogen and oxygen atoms in total. The zero-order chi connectivity index (χ0) is 10.0. The van der Waals surface area contributed by atoms with Gasteiger partial charge in [0.25, 0.3) is 0 Å². The first-order chi connectivity index (χ1) is 6.11. The largest absolute Gasteiger partial charge is 0.373 e. The van der Waals surface area contributed by atoms with Crippen LogP contribution >= 0.6 is 0 Å². The molecule has 0 radical (unpaired) electrons. The second-order valence-electron chi connectivity index (χ2n) is 2.93. The third-order valence-corrected chi connectivity index (χ3v) is 2.01. The molecule has 1 unspecified atom stereocenters. The van der Waals surface area contributed by atoms with Gasteiger partial charge in [0.2, 0.25) is 0 Å². The van der Waals surface area contributed by atoms with Crippen molar-refractivity contribution >= 4 is 0 Å². The molecule has 1 atom stereocenters. The first-order valence-electron chi connectivity index (χ1n) is 4.44. The number of hydrogen-bond acceptors (Lipinski definition) is 3. The van der Waals surface area contributed by atoms with Crippen LogP contribution in [-0.2, 0) is 13.5 Å². The molecule has 0 aromatic carbocycles. The fourth-order valence-corrected chi connectivity index (χ4v) is 1.25. The molecule has 0 aliphatic carbocycles. The summed E-state index contributed by atoms with van der Waals surface area (Å²) in [7, 11) is 1.58. The summed E-state index contributed by atoms with van der Waals surface area (Å²) in [6, 6.07) is 0. The molecule has 1 heterocycles. The van der Waals surface area contributed by atoms with Gasteiger partial charge in [-0.15, -0.1) is 0 Å². The fourth-order valence-electron chi connectivity index (χ4n) is 1.25. The van der Waals surface area contributed by atoms with Crippen molar-refractivity contribution in [3.05, 3.63) is 16.3 Å². The molecule has 1 rings (SSSR count). The van der Waals surface area contributed by atoms with E-state index in [0.29, 0.717) is 18.7 Å². The highest BCUT2D eigenvalue weighted by Crippen LogP contribution is 2.06. The molecule has 0 amide bonds. The van der Waals surface area contributed by atoms with E-state index in [1.165, 1.54) is 9.25 Å². The van der Waals surface area contributed by atoms with Crippen LogP contribution in [0.15, 0.2) is 4.79 Å². The van der Waals surface area contributed by atoms with Gasteiger partial charge in [0.05, 0.1) is 0 Å². The van der Waals surface area contributed by atoms with Gasteiger partial charge in [-0.2, -0.15) is 5.10 Å². The van der Waals surface area contributed by atoms with Crippen molar-refractivity contribution in [1.82, 2.24) is 14.3 Å². The molecule has 0 aliphatic rings. The van der Waals surface area contributed by atoms with Gasteiger partial charge >= 0.3 is 5.69 Å². The molecule has 1 N–H and O–H groups in total. The molecule has 1 aromatic rings. The van der Waals surface area contributed by atoms with Crippen LogP contribution in [-0.4, -0.2) is 19.5 Å². The number of aliphatic hydroxyl groups excluding tert-OH is 1. The van der Waals surface area contributed by atoms with Crippen molar-refractivity contribution in [2.45, 2.75) is 32.9 Å². The van der Waals surface area contributed by atoms with Crippen LogP contribution in [0.1, 0.15) is 32.3 Å². The SMILES string of the molecule is CCc1nn(C)c(=O)n1C(O)CC. The zero-order valence-corrected chi connectivity index (χ0v) is 8.19. The lowest BCUT2D eigenvalue weighted by molar-refractivity contribution is 0.0928. The lowest BCUT2D eigenvalue weighted by atomic mass is 10.4. The van der Waals surface area contributed by atoms with Gasteiger partial charge < -0.3 is 5.11 Å². The number of aryl methyl sites for hydroxylation is 2. The highest BCUT2D eigenvalue weighted by atomic mass is 16.3. The van der Waals surface area contributed by atoms with Crippen LogP contribution in [0.25, 0.3) is 0 Å². The predicted octanol–water partition coefficient (Wildman–Crippen LogP) is 0.0451. The standard InChI is InChI=1S/C8H15N3O2/c1-4-6-9-10(3)8(13)11(6)7(12)5-2/h7,12H,4-5H2,1-3H3. The third kappa shape index (κ3) is 1.65. The number of rotatable bonds is 3. The summed E-state index contributed by atoms with van der Waals surface area (Å²) in [5, 5.41) is 13.5. The second kappa shape index (κ2) is 3.74. The van der Waals surface area contributed by atoms with Gasteiger partial charge in [0.15, 0.2) is 0 Å². The summed E-state index contributed by atoms with van der Waals surface area (Å²) >= 11 is 0. The Balaban J connectivity index is 3.24. The second-order valence-corrected chi connectivity index (χ2v) is 2.93. The predicted molar refractivity (Wildman–Crippen MR) is 48.4 cm³/mol. The maximum Gasteiger partial charge on any atom is 0.347 e. The topological polar surface area (TPSA) is 60.0 Å². The normalized spacial score (nSPS) is 13.2. The van der Waals surface area contributed by atoms with Gasteiger partial charge in [0, 0.05) is 13.5 Å². The number of aliphatic hydroxyl groups is 1. The van der Waals surface area contributed by atoms with E-state index in [1.54, 1.807) is 7.05 Å². The summed E-state index contributed by atoms with van der Waals surface area (Å²) < 4.78 is 2.58. The highest BCUT2D eigenvalue weighted by Gasteiger charge is 2.14. The van der Waals surface area contributed by atoms with E-state index in [9.17, 15) is 9.90 Å². The van der Waals surface area contributed by atoms with E-state index in [2.05, 4.69) is 5.10 Å². The Kier molecular flexibility index (Phi) is 2.87. The molecule has 5 heteroatoms. The molecule has 1 aromatic heterocycles. The van der Waals surface area contributed by atoms with Crippen LogP contribution in [0.2, 0.25) is 0 Å².